The number of ether oxygens (including phenoxy) is 2. The van der Waals surface area contributed by atoms with Crippen LogP contribution in [0.4, 0.5) is 0 Å². The predicted octanol–water partition coefficient (Wildman–Crippen LogP) is 2.72. The van der Waals surface area contributed by atoms with Crippen molar-refractivity contribution in [3.05, 3.63) is 39.8 Å². The number of aromatic nitrogens is 5. The van der Waals surface area contributed by atoms with Crippen LogP contribution in [0.25, 0.3) is 11.5 Å². The molecule has 0 saturated carbocycles. The summed E-state index contributed by atoms with van der Waals surface area (Å²) in [5.41, 5.74) is 4.02. The van der Waals surface area contributed by atoms with E-state index in [0.717, 1.165) is 30.5 Å². The number of hydrogen-bond donors (Lipinski definition) is 2. The van der Waals surface area contributed by atoms with Crippen molar-refractivity contribution in [2.75, 3.05) is 14.2 Å². The predicted molar refractivity (Wildman–Crippen MR) is 99.6 cm³/mol. The number of hydrogen-bond acceptors (Lipinski definition) is 6. The van der Waals surface area contributed by atoms with Gasteiger partial charge in [-0.1, -0.05) is 0 Å². The third-order valence-corrected chi connectivity index (χ3v) is 4.66. The second kappa shape index (κ2) is 6.75. The molecule has 0 saturated heterocycles. The fraction of sp³-hybridized carbons (Fsp3) is 0.294. The van der Waals surface area contributed by atoms with Crippen LogP contribution in [0.5, 0.6) is 11.5 Å². The lowest BCUT2D eigenvalue weighted by Crippen LogP contribution is -1.98. The number of H-pyrrole nitrogens is 2. The Kier molecular flexibility index (Phi) is 4.29. The minimum absolute atomic E-state index is 0.409. The highest BCUT2D eigenvalue weighted by molar-refractivity contribution is 7.71. The Labute approximate surface area is 154 Å². The van der Waals surface area contributed by atoms with E-state index in [4.69, 9.17) is 21.7 Å². The van der Waals surface area contributed by atoms with Gasteiger partial charge in [-0.3, -0.25) is 5.10 Å². The Balaban J connectivity index is 1.70. The molecule has 1 aromatic carbocycles. The van der Waals surface area contributed by atoms with Crippen LogP contribution in [0.2, 0.25) is 0 Å². The molecule has 0 atom stereocenters. The summed E-state index contributed by atoms with van der Waals surface area (Å²) in [6, 6.07) is 5.56. The molecule has 2 heterocycles. The van der Waals surface area contributed by atoms with Crippen LogP contribution < -0.4 is 9.47 Å². The molecule has 4 rings (SSSR count). The summed E-state index contributed by atoms with van der Waals surface area (Å²) in [5, 5.41) is 19.1. The Morgan fingerprint density at radius 1 is 1.15 bits per heavy atom. The van der Waals surface area contributed by atoms with Gasteiger partial charge in [-0.25, -0.2) is 5.10 Å². The van der Waals surface area contributed by atoms with Crippen LogP contribution >= 0.6 is 12.2 Å². The van der Waals surface area contributed by atoms with E-state index in [1.807, 2.05) is 18.2 Å². The molecule has 1 aliphatic carbocycles. The minimum Gasteiger partial charge on any atom is -0.493 e. The standard InChI is InChI=1S/C17H18N6O2S/c1-24-13-7-6-10(8-14(13)25-2)9-18-23-16(21-22-17(23)26)15-11-4-3-5-12(11)19-20-15/h6-9H,3-5H2,1-2H3,(H,19,20)(H,22,26)/b18-9-. The quantitative estimate of drug-likeness (QED) is 0.532. The normalized spacial score (nSPS) is 13.3. The molecule has 8 nitrogen and oxygen atoms in total. The molecular formula is C17H18N6O2S. The van der Waals surface area contributed by atoms with Crippen LogP contribution in [0, 0.1) is 4.77 Å². The molecule has 2 N–H and O–H groups in total. The molecule has 3 aromatic rings. The average molecular weight is 370 g/mol. The number of benzene rings is 1. The van der Waals surface area contributed by atoms with Gasteiger partial charge in [0, 0.05) is 11.3 Å². The first-order chi connectivity index (χ1) is 12.7. The first kappa shape index (κ1) is 16.5. The lowest BCUT2D eigenvalue weighted by Gasteiger charge is -2.07. The second-order valence-corrected chi connectivity index (χ2v) is 6.29. The maximum Gasteiger partial charge on any atom is 0.216 e. The average Bonchev–Trinajstić information content (AvgIpc) is 3.36. The van der Waals surface area contributed by atoms with Crippen LogP contribution in [0.3, 0.4) is 0 Å². The fourth-order valence-corrected chi connectivity index (χ4v) is 3.29. The molecule has 9 heteroatoms. The number of fused-ring (bicyclic) bond motifs is 1. The highest BCUT2D eigenvalue weighted by Crippen LogP contribution is 2.29. The highest BCUT2D eigenvalue weighted by Gasteiger charge is 2.23. The third kappa shape index (κ3) is 2.80. The van der Waals surface area contributed by atoms with E-state index in [2.05, 4.69) is 25.5 Å². The zero-order valence-electron chi connectivity index (χ0n) is 14.4. The van der Waals surface area contributed by atoms with Crippen molar-refractivity contribution in [1.82, 2.24) is 25.1 Å². The van der Waals surface area contributed by atoms with Gasteiger partial charge < -0.3 is 9.47 Å². The van der Waals surface area contributed by atoms with Gasteiger partial charge in [0.05, 0.1) is 20.4 Å². The molecule has 2 aromatic heterocycles. The van der Waals surface area contributed by atoms with Gasteiger partial charge in [0.1, 0.15) is 5.69 Å². The van der Waals surface area contributed by atoms with Crippen LogP contribution in [0.15, 0.2) is 23.3 Å². The minimum atomic E-state index is 0.409. The van der Waals surface area contributed by atoms with Gasteiger partial charge in [0.15, 0.2) is 11.5 Å². The summed E-state index contributed by atoms with van der Waals surface area (Å²) in [7, 11) is 3.20. The van der Waals surface area contributed by atoms with Crippen LogP contribution in [-0.2, 0) is 12.8 Å². The molecule has 134 valence electrons. The zero-order valence-corrected chi connectivity index (χ0v) is 15.3. The highest BCUT2D eigenvalue weighted by atomic mass is 32.1. The second-order valence-electron chi connectivity index (χ2n) is 5.91. The van der Waals surface area contributed by atoms with E-state index in [1.54, 1.807) is 25.1 Å². The van der Waals surface area contributed by atoms with Crippen molar-refractivity contribution >= 4 is 18.4 Å². The van der Waals surface area contributed by atoms with Crippen molar-refractivity contribution in [1.29, 1.82) is 0 Å². The lowest BCUT2D eigenvalue weighted by atomic mass is 10.2. The lowest BCUT2D eigenvalue weighted by molar-refractivity contribution is 0.355. The van der Waals surface area contributed by atoms with Crippen molar-refractivity contribution in [3.8, 4) is 23.0 Å². The smallest absolute Gasteiger partial charge is 0.216 e. The van der Waals surface area contributed by atoms with Gasteiger partial charge in [0.25, 0.3) is 0 Å². The number of rotatable bonds is 5. The molecule has 1 aliphatic rings. The molecule has 0 amide bonds. The Hall–Kier alpha value is -2.94. The van der Waals surface area contributed by atoms with E-state index in [0.29, 0.717) is 22.1 Å². The van der Waals surface area contributed by atoms with Gasteiger partial charge in [-0.2, -0.15) is 20.0 Å². The topological polar surface area (TPSA) is 93.1 Å². The van der Waals surface area contributed by atoms with Crippen molar-refractivity contribution in [3.63, 3.8) is 0 Å². The number of nitrogens with zero attached hydrogens (tertiary/aromatic N) is 4. The molecular weight excluding hydrogens is 352 g/mol. The molecule has 0 unspecified atom stereocenters. The Bertz CT molecular complexity index is 1030. The largest absolute Gasteiger partial charge is 0.493 e. The Morgan fingerprint density at radius 2 is 2.00 bits per heavy atom. The number of methoxy groups -OCH3 is 2. The van der Waals surface area contributed by atoms with Crippen molar-refractivity contribution in [2.45, 2.75) is 19.3 Å². The van der Waals surface area contributed by atoms with Crippen LogP contribution in [0.1, 0.15) is 23.2 Å². The van der Waals surface area contributed by atoms with E-state index in [1.165, 1.54) is 11.3 Å². The SMILES string of the molecule is COc1ccc(/C=N\n2c(-c3n[nH]c4c3CCC4)n[nH]c2=S)cc1OC. The maximum atomic E-state index is 5.33. The van der Waals surface area contributed by atoms with Gasteiger partial charge >= 0.3 is 0 Å². The van der Waals surface area contributed by atoms with Gasteiger partial charge in [-0.05, 0) is 55.2 Å². The number of aromatic amines is 2. The van der Waals surface area contributed by atoms with Crippen molar-refractivity contribution < 1.29 is 9.47 Å². The van der Waals surface area contributed by atoms with Gasteiger partial charge in [-0.15, -0.1) is 0 Å². The van der Waals surface area contributed by atoms with E-state index >= 15 is 0 Å². The first-order valence-corrected chi connectivity index (χ1v) is 8.62. The fourth-order valence-electron chi connectivity index (χ4n) is 3.11. The van der Waals surface area contributed by atoms with Crippen LogP contribution in [-0.4, -0.2) is 45.5 Å². The van der Waals surface area contributed by atoms with E-state index < -0.39 is 0 Å². The summed E-state index contributed by atoms with van der Waals surface area (Å²) in [6.45, 7) is 0. The number of nitrogens with one attached hydrogen (secondary N) is 2. The molecule has 0 bridgehead atoms. The summed E-state index contributed by atoms with van der Waals surface area (Å²) in [5.74, 6) is 1.90. The first-order valence-electron chi connectivity index (χ1n) is 8.21. The van der Waals surface area contributed by atoms with Crippen molar-refractivity contribution in [2.24, 2.45) is 5.10 Å². The zero-order chi connectivity index (χ0) is 18.1. The maximum absolute atomic E-state index is 5.33. The summed E-state index contributed by atoms with van der Waals surface area (Å²) in [6.07, 6.45) is 4.82. The summed E-state index contributed by atoms with van der Waals surface area (Å²) in [4.78, 5) is 0. The Morgan fingerprint density at radius 3 is 2.81 bits per heavy atom. The summed E-state index contributed by atoms with van der Waals surface area (Å²) < 4.78 is 12.6. The molecule has 0 aliphatic heterocycles. The molecule has 26 heavy (non-hydrogen) atoms. The van der Waals surface area contributed by atoms with E-state index in [-0.39, 0.29) is 0 Å². The van der Waals surface area contributed by atoms with E-state index in [9.17, 15) is 0 Å². The third-order valence-electron chi connectivity index (χ3n) is 4.40. The summed E-state index contributed by atoms with van der Waals surface area (Å²) >= 11 is 5.33. The molecule has 0 fully saturated rings. The molecule has 0 spiro atoms. The molecule has 0 radical (unpaired) electrons. The monoisotopic (exact) mass is 370 g/mol. The number of aryl methyl sites for hydroxylation is 1. The van der Waals surface area contributed by atoms with Gasteiger partial charge in [0.2, 0.25) is 10.6 Å².